The molecular formula is C28H30N4OS. The standard InChI is InChI=1S/C28H30N4OS/c1-19(2)15-16-32-20(3)17-24(21(32)4)25(33)18-34-28-29-26(22-11-7-5-8-12-22)27(30-31-28)23-13-9-6-10-14-23/h5-14,17,19H,15-16,18H2,1-4H3. The fourth-order valence-electron chi connectivity index (χ4n) is 3.98. The van der Waals surface area contributed by atoms with Gasteiger partial charge in [-0.1, -0.05) is 86.3 Å². The van der Waals surface area contributed by atoms with Gasteiger partial charge in [-0.05, 0) is 32.3 Å². The van der Waals surface area contributed by atoms with Crippen LogP contribution in [0, 0.1) is 19.8 Å². The van der Waals surface area contributed by atoms with E-state index in [-0.39, 0.29) is 11.5 Å². The lowest BCUT2D eigenvalue weighted by atomic mass is 10.0. The van der Waals surface area contributed by atoms with E-state index in [1.165, 1.54) is 11.8 Å². The highest BCUT2D eigenvalue weighted by Crippen LogP contribution is 2.30. The number of benzene rings is 2. The lowest BCUT2D eigenvalue weighted by Gasteiger charge is -2.11. The first-order valence-electron chi connectivity index (χ1n) is 11.6. The summed E-state index contributed by atoms with van der Waals surface area (Å²) in [5, 5.41) is 9.35. The van der Waals surface area contributed by atoms with Crippen molar-refractivity contribution in [2.24, 2.45) is 5.92 Å². The molecule has 34 heavy (non-hydrogen) atoms. The second-order valence-electron chi connectivity index (χ2n) is 8.85. The number of ketones is 1. The van der Waals surface area contributed by atoms with Crippen LogP contribution in [0.15, 0.2) is 71.9 Å². The van der Waals surface area contributed by atoms with E-state index < -0.39 is 0 Å². The second kappa shape index (κ2) is 10.8. The first kappa shape index (κ1) is 23.9. The average Bonchev–Trinajstić information content (AvgIpc) is 3.15. The summed E-state index contributed by atoms with van der Waals surface area (Å²) in [4.78, 5) is 17.9. The minimum atomic E-state index is 0.0888. The van der Waals surface area contributed by atoms with Gasteiger partial charge in [-0.15, -0.1) is 10.2 Å². The van der Waals surface area contributed by atoms with Crippen molar-refractivity contribution in [1.29, 1.82) is 0 Å². The first-order chi connectivity index (χ1) is 16.4. The van der Waals surface area contributed by atoms with Gasteiger partial charge in [-0.25, -0.2) is 4.98 Å². The zero-order chi connectivity index (χ0) is 24.1. The molecule has 0 bridgehead atoms. The summed E-state index contributed by atoms with van der Waals surface area (Å²) in [6.45, 7) is 9.48. The van der Waals surface area contributed by atoms with E-state index in [0.717, 1.165) is 52.4 Å². The molecule has 0 aliphatic rings. The molecule has 0 atom stereocenters. The van der Waals surface area contributed by atoms with Gasteiger partial charge in [0.05, 0.1) is 5.75 Å². The Morgan fingerprint density at radius 1 is 0.912 bits per heavy atom. The van der Waals surface area contributed by atoms with Crippen molar-refractivity contribution >= 4 is 17.5 Å². The quantitative estimate of drug-likeness (QED) is 0.203. The van der Waals surface area contributed by atoms with E-state index in [1.807, 2.05) is 73.7 Å². The molecule has 0 spiro atoms. The van der Waals surface area contributed by atoms with Crippen LogP contribution in [0.1, 0.15) is 42.0 Å². The predicted molar refractivity (Wildman–Crippen MR) is 139 cm³/mol. The predicted octanol–water partition coefficient (Wildman–Crippen LogP) is 6.65. The first-order valence-corrected chi connectivity index (χ1v) is 12.6. The van der Waals surface area contributed by atoms with Crippen molar-refractivity contribution in [3.63, 3.8) is 0 Å². The molecule has 0 N–H and O–H groups in total. The Balaban J connectivity index is 1.56. The number of thioether (sulfide) groups is 1. The van der Waals surface area contributed by atoms with Crippen molar-refractivity contribution in [2.45, 2.75) is 45.8 Å². The molecule has 0 aliphatic heterocycles. The minimum Gasteiger partial charge on any atom is -0.348 e. The van der Waals surface area contributed by atoms with Gasteiger partial charge in [-0.2, -0.15) is 0 Å². The molecule has 0 fully saturated rings. The Morgan fingerprint density at radius 2 is 1.53 bits per heavy atom. The van der Waals surface area contributed by atoms with Gasteiger partial charge in [0.15, 0.2) is 5.78 Å². The molecule has 2 heterocycles. The summed E-state index contributed by atoms with van der Waals surface area (Å²) in [5.74, 6) is 0.985. The summed E-state index contributed by atoms with van der Waals surface area (Å²) in [6.07, 6.45) is 1.09. The van der Waals surface area contributed by atoms with Crippen molar-refractivity contribution in [2.75, 3.05) is 5.75 Å². The number of hydrogen-bond donors (Lipinski definition) is 0. The number of aryl methyl sites for hydroxylation is 1. The molecule has 2 aromatic heterocycles. The largest absolute Gasteiger partial charge is 0.348 e. The molecule has 0 saturated heterocycles. The van der Waals surface area contributed by atoms with E-state index in [0.29, 0.717) is 11.1 Å². The van der Waals surface area contributed by atoms with Crippen LogP contribution < -0.4 is 0 Å². The second-order valence-corrected chi connectivity index (χ2v) is 9.80. The Hall–Kier alpha value is -3.25. The van der Waals surface area contributed by atoms with E-state index in [9.17, 15) is 4.79 Å². The Bertz CT molecular complexity index is 1270. The maximum Gasteiger partial charge on any atom is 0.210 e. The third-order valence-electron chi connectivity index (χ3n) is 5.90. The SMILES string of the molecule is Cc1cc(C(=O)CSc2nnc(-c3ccccc3)c(-c3ccccc3)n2)c(C)n1CCC(C)C. The number of hydrogen-bond acceptors (Lipinski definition) is 5. The molecular weight excluding hydrogens is 440 g/mol. The molecule has 0 radical (unpaired) electrons. The molecule has 0 saturated carbocycles. The van der Waals surface area contributed by atoms with Crippen LogP contribution in [0.3, 0.4) is 0 Å². The van der Waals surface area contributed by atoms with Gasteiger partial charge in [-0.3, -0.25) is 4.79 Å². The van der Waals surface area contributed by atoms with Crippen LogP contribution >= 0.6 is 11.8 Å². The Kier molecular flexibility index (Phi) is 7.58. The molecule has 0 aliphatic carbocycles. The maximum absolute atomic E-state index is 13.1. The summed E-state index contributed by atoms with van der Waals surface area (Å²) in [7, 11) is 0. The monoisotopic (exact) mass is 470 g/mol. The van der Waals surface area contributed by atoms with E-state index >= 15 is 0 Å². The molecule has 4 aromatic rings. The summed E-state index contributed by atoms with van der Waals surface area (Å²) >= 11 is 1.33. The lowest BCUT2D eigenvalue weighted by molar-refractivity contribution is 0.102. The van der Waals surface area contributed by atoms with Gasteiger partial charge in [0.25, 0.3) is 0 Å². The van der Waals surface area contributed by atoms with Crippen molar-refractivity contribution < 1.29 is 4.79 Å². The van der Waals surface area contributed by atoms with E-state index in [2.05, 4.69) is 35.5 Å². The van der Waals surface area contributed by atoms with Gasteiger partial charge in [0, 0.05) is 34.6 Å². The number of nitrogens with zero attached hydrogens (tertiary/aromatic N) is 4. The average molecular weight is 471 g/mol. The van der Waals surface area contributed by atoms with Crippen molar-refractivity contribution in [3.05, 3.63) is 83.7 Å². The zero-order valence-electron chi connectivity index (χ0n) is 20.2. The highest BCUT2D eigenvalue weighted by molar-refractivity contribution is 7.99. The molecule has 5 nitrogen and oxygen atoms in total. The molecule has 6 heteroatoms. The molecule has 0 amide bonds. The van der Waals surface area contributed by atoms with Crippen LogP contribution in [0.4, 0.5) is 0 Å². The number of Topliss-reactive ketones (excluding diaryl/α,β-unsaturated/α-hetero) is 1. The smallest absolute Gasteiger partial charge is 0.210 e. The minimum absolute atomic E-state index is 0.0888. The highest BCUT2D eigenvalue weighted by Gasteiger charge is 2.18. The molecule has 174 valence electrons. The van der Waals surface area contributed by atoms with Gasteiger partial charge >= 0.3 is 0 Å². The fraction of sp³-hybridized carbons (Fsp3) is 0.286. The molecule has 4 rings (SSSR count). The summed E-state index contributed by atoms with van der Waals surface area (Å²) < 4.78 is 2.25. The maximum atomic E-state index is 13.1. The Labute approximate surface area is 205 Å². The third-order valence-corrected chi connectivity index (χ3v) is 6.74. The Morgan fingerprint density at radius 3 is 2.15 bits per heavy atom. The van der Waals surface area contributed by atoms with Crippen LogP contribution in [-0.4, -0.2) is 31.3 Å². The van der Waals surface area contributed by atoms with Crippen molar-refractivity contribution in [3.8, 4) is 22.5 Å². The topological polar surface area (TPSA) is 60.7 Å². The van der Waals surface area contributed by atoms with Gasteiger partial charge in [0.1, 0.15) is 11.4 Å². The van der Waals surface area contributed by atoms with Crippen LogP contribution in [-0.2, 0) is 6.54 Å². The molecule has 2 aromatic carbocycles. The molecule has 0 unspecified atom stereocenters. The highest BCUT2D eigenvalue weighted by atomic mass is 32.2. The summed E-state index contributed by atoms with van der Waals surface area (Å²) in [6, 6.07) is 21.9. The van der Waals surface area contributed by atoms with E-state index in [4.69, 9.17) is 4.98 Å². The number of aromatic nitrogens is 4. The lowest BCUT2D eigenvalue weighted by Crippen LogP contribution is -2.08. The fourth-order valence-corrected chi connectivity index (χ4v) is 4.65. The van der Waals surface area contributed by atoms with Crippen LogP contribution in [0.5, 0.6) is 0 Å². The number of carbonyl (C=O) groups excluding carboxylic acids is 1. The van der Waals surface area contributed by atoms with Crippen LogP contribution in [0.2, 0.25) is 0 Å². The van der Waals surface area contributed by atoms with Crippen LogP contribution in [0.25, 0.3) is 22.5 Å². The summed E-state index contributed by atoms with van der Waals surface area (Å²) in [5.41, 5.74) is 6.38. The zero-order valence-corrected chi connectivity index (χ0v) is 21.0. The van der Waals surface area contributed by atoms with Gasteiger partial charge < -0.3 is 4.57 Å². The van der Waals surface area contributed by atoms with Crippen molar-refractivity contribution in [1.82, 2.24) is 19.7 Å². The number of carbonyl (C=O) groups is 1. The number of rotatable bonds is 9. The van der Waals surface area contributed by atoms with E-state index in [1.54, 1.807) is 0 Å². The third kappa shape index (κ3) is 5.45. The normalized spacial score (nSPS) is 11.2. The van der Waals surface area contributed by atoms with Gasteiger partial charge in [0.2, 0.25) is 5.16 Å².